The molecule has 2 aromatic rings. The van der Waals surface area contributed by atoms with Crippen LogP contribution in [0, 0.1) is 0 Å². The molecule has 1 aliphatic rings. The Morgan fingerprint density at radius 1 is 1.03 bits per heavy atom. The highest BCUT2D eigenvalue weighted by Crippen LogP contribution is 2.31. The van der Waals surface area contributed by atoms with Gasteiger partial charge >= 0.3 is 6.18 Å². The highest BCUT2D eigenvalue weighted by atomic mass is 19.4. The van der Waals surface area contributed by atoms with Gasteiger partial charge in [-0.05, 0) is 23.8 Å². The molecule has 0 spiro atoms. The lowest BCUT2D eigenvalue weighted by Gasteiger charge is -2.16. The summed E-state index contributed by atoms with van der Waals surface area (Å²) in [7, 11) is 5.07. The van der Waals surface area contributed by atoms with E-state index in [1.807, 2.05) is 12.1 Å². The summed E-state index contributed by atoms with van der Waals surface area (Å²) in [5, 5.41) is 8.78. The van der Waals surface area contributed by atoms with Gasteiger partial charge in [-0.1, -0.05) is 18.2 Å². The lowest BCUT2D eigenvalue weighted by atomic mass is 10.0. The fraction of sp³-hybridized carbons (Fsp3) is 0.364. The molecule has 0 aromatic heterocycles. The van der Waals surface area contributed by atoms with Crippen LogP contribution < -0.4 is 19.3 Å². The zero-order valence-electron chi connectivity index (χ0n) is 17.5. The van der Waals surface area contributed by atoms with Gasteiger partial charge in [-0.25, -0.2) is 4.58 Å². The van der Waals surface area contributed by atoms with Crippen LogP contribution in [0.25, 0.3) is 0 Å². The van der Waals surface area contributed by atoms with E-state index in [0.717, 1.165) is 43.2 Å². The SMILES string of the molecule is COc1ccccc1CC[N+]1=Cc2cc(OC)c(OC)cc2CC1.O=C([O-])C(F)(F)F. The third kappa shape index (κ3) is 6.63. The van der Waals surface area contributed by atoms with Gasteiger partial charge in [0.05, 0.1) is 21.3 Å². The molecule has 31 heavy (non-hydrogen) atoms. The number of para-hydroxylation sites is 1. The molecule has 168 valence electrons. The first-order valence-electron chi connectivity index (χ1n) is 9.43. The minimum absolute atomic E-state index is 0.777. The lowest BCUT2D eigenvalue weighted by molar-refractivity contribution is -0.523. The van der Waals surface area contributed by atoms with Crippen LogP contribution in [0.15, 0.2) is 36.4 Å². The second-order valence-corrected chi connectivity index (χ2v) is 6.67. The molecular formula is C22H24F3NO5. The van der Waals surface area contributed by atoms with Crippen molar-refractivity contribution < 1.29 is 41.9 Å². The van der Waals surface area contributed by atoms with Crippen molar-refractivity contribution in [1.29, 1.82) is 0 Å². The van der Waals surface area contributed by atoms with Crippen LogP contribution in [0.4, 0.5) is 13.2 Å². The summed E-state index contributed by atoms with van der Waals surface area (Å²) < 4.78 is 50.2. The van der Waals surface area contributed by atoms with Crippen molar-refractivity contribution in [3.8, 4) is 17.2 Å². The first-order valence-corrected chi connectivity index (χ1v) is 9.43. The van der Waals surface area contributed by atoms with Gasteiger partial charge in [-0.15, -0.1) is 0 Å². The van der Waals surface area contributed by atoms with E-state index in [2.05, 4.69) is 35.1 Å². The van der Waals surface area contributed by atoms with Gasteiger partial charge in [0, 0.05) is 24.0 Å². The number of carboxylic acid groups (broad SMARTS) is 1. The van der Waals surface area contributed by atoms with Crippen LogP contribution in [0.5, 0.6) is 17.2 Å². The minimum atomic E-state index is -5.19. The third-order valence-electron chi connectivity index (χ3n) is 4.73. The molecular weight excluding hydrogens is 415 g/mol. The first-order chi connectivity index (χ1) is 14.7. The average Bonchev–Trinajstić information content (AvgIpc) is 2.76. The average molecular weight is 439 g/mol. The minimum Gasteiger partial charge on any atom is -0.542 e. The van der Waals surface area contributed by atoms with Crippen molar-refractivity contribution in [2.24, 2.45) is 0 Å². The van der Waals surface area contributed by atoms with Crippen LogP contribution in [-0.2, 0) is 17.6 Å². The number of aliphatic carboxylic acids is 1. The number of rotatable bonds is 6. The maximum Gasteiger partial charge on any atom is 0.430 e. The standard InChI is InChI=1S/C20H24NO3.C2HF3O2/c1-22-18-7-5-4-6-15(18)8-10-21-11-9-16-12-19(23-2)20(24-3)13-17(16)14-21;3-2(4,5)1(6)7/h4-7,12-14H,8-11H2,1-3H3;(H,6,7)/q+1;/p-1. The van der Waals surface area contributed by atoms with Crippen molar-refractivity contribution >= 4 is 12.2 Å². The second kappa shape index (κ2) is 10.7. The molecule has 0 saturated heterocycles. The molecule has 0 bridgehead atoms. The molecule has 0 saturated carbocycles. The Morgan fingerprint density at radius 3 is 2.19 bits per heavy atom. The molecule has 0 atom stereocenters. The quantitative estimate of drug-likeness (QED) is 0.646. The van der Waals surface area contributed by atoms with E-state index in [1.165, 1.54) is 16.7 Å². The topological polar surface area (TPSA) is 70.8 Å². The summed E-state index contributed by atoms with van der Waals surface area (Å²) in [4.78, 5) is 8.78. The van der Waals surface area contributed by atoms with Crippen molar-refractivity contribution in [2.45, 2.75) is 19.0 Å². The molecule has 1 heterocycles. The van der Waals surface area contributed by atoms with Gasteiger partial charge in [0.25, 0.3) is 0 Å². The summed E-state index contributed by atoms with van der Waals surface area (Å²) in [5.41, 5.74) is 3.76. The third-order valence-corrected chi connectivity index (χ3v) is 4.73. The number of hydrogen-bond donors (Lipinski definition) is 0. The Kier molecular flexibility index (Phi) is 8.30. The molecule has 1 aliphatic heterocycles. The largest absolute Gasteiger partial charge is 0.542 e. The van der Waals surface area contributed by atoms with E-state index < -0.39 is 12.1 Å². The predicted octanol–water partition coefficient (Wildman–Crippen LogP) is 2.24. The molecule has 0 fully saturated rings. The fourth-order valence-electron chi connectivity index (χ4n) is 3.15. The zero-order valence-corrected chi connectivity index (χ0v) is 17.5. The molecule has 0 amide bonds. The molecule has 3 rings (SSSR count). The number of benzene rings is 2. The number of carbonyl (C=O) groups is 1. The second-order valence-electron chi connectivity index (χ2n) is 6.67. The number of hydrogen-bond acceptors (Lipinski definition) is 5. The highest BCUT2D eigenvalue weighted by molar-refractivity contribution is 5.80. The van der Waals surface area contributed by atoms with Gasteiger partial charge in [-0.2, -0.15) is 13.2 Å². The van der Waals surface area contributed by atoms with Crippen molar-refractivity contribution in [3.05, 3.63) is 53.1 Å². The number of alkyl halides is 3. The Labute approximate surface area is 178 Å². The van der Waals surface area contributed by atoms with E-state index >= 15 is 0 Å². The number of ether oxygens (including phenoxy) is 3. The first kappa shape index (κ1) is 24.0. The maximum atomic E-state index is 10.5. The lowest BCUT2D eigenvalue weighted by Crippen LogP contribution is -2.37. The summed E-state index contributed by atoms with van der Waals surface area (Å²) in [6, 6.07) is 12.4. The molecule has 0 aliphatic carbocycles. The monoisotopic (exact) mass is 439 g/mol. The van der Waals surface area contributed by atoms with Gasteiger partial charge in [0.2, 0.25) is 0 Å². The van der Waals surface area contributed by atoms with Crippen LogP contribution >= 0.6 is 0 Å². The Morgan fingerprint density at radius 2 is 1.61 bits per heavy atom. The van der Waals surface area contributed by atoms with Crippen LogP contribution in [0.1, 0.15) is 16.7 Å². The number of methoxy groups -OCH3 is 3. The van der Waals surface area contributed by atoms with Crippen LogP contribution in [0.3, 0.4) is 0 Å². The van der Waals surface area contributed by atoms with Gasteiger partial charge in [0.1, 0.15) is 24.8 Å². The molecule has 0 unspecified atom stereocenters. The van der Waals surface area contributed by atoms with Gasteiger partial charge in [0.15, 0.2) is 17.7 Å². The van der Waals surface area contributed by atoms with Crippen molar-refractivity contribution in [2.75, 3.05) is 34.4 Å². The van der Waals surface area contributed by atoms with E-state index in [1.54, 1.807) is 21.3 Å². The number of nitrogens with zero attached hydrogens (tertiary/aromatic N) is 1. The number of carboxylic acids is 1. The normalized spacial score (nSPS) is 12.6. The molecule has 0 radical (unpaired) electrons. The smallest absolute Gasteiger partial charge is 0.430 e. The van der Waals surface area contributed by atoms with Gasteiger partial charge < -0.3 is 24.1 Å². The van der Waals surface area contributed by atoms with E-state index in [0.29, 0.717) is 0 Å². The van der Waals surface area contributed by atoms with E-state index in [9.17, 15) is 13.2 Å². The summed E-state index contributed by atoms with van der Waals surface area (Å²) >= 11 is 0. The molecule has 2 aromatic carbocycles. The Bertz CT molecular complexity index is 941. The van der Waals surface area contributed by atoms with E-state index in [4.69, 9.17) is 24.1 Å². The number of fused-ring (bicyclic) bond motifs is 1. The molecule has 0 N–H and O–H groups in total. The summed E-state index contributed by atoms with van der Waals surface area (Å²) in [6.45, 7) is 1.98. The predicted molar refractivity (Wildman–Crippen MR) is 106 cm³/mol. The van der Waals surface area contributed by atoms with Crippen LogP contribution in [-0.4, -0.2) is 57.4 Å². The number of halogens is 3. The van der Waals surface area contributed by atoms with Crippen molar-refractivity contribution in [3.63, 3.8) is 0 Å². The Hall–Kier alpha value is -3.23. The van der Waals surface area contributed by atoms with Crippen LogP contribution in [0.2, 0.25) is 0 Å². The van der Waals surface area contributed by atoms with E-state index in [-0.39, 0.29) is 0 Å². The summed E-state index contributed by atoms with van der Waals surface area (Å²) in [5.74, 6) is -0.472. The number of carbonyl (C=O) groups excluding carboxylic acids is 1. The maximum absolute atomic E-state index is 10.5. The zero-order chi connectivity index (χ0) is 23.0. The summed E-state index contributed by atoms with van der Waals surface area (Å²) in [6.07, 6.45) is -1.00. The Balaban J connectivity index is 0.000000423. The van der Waals surface area contributed by atoms with Crippen molar-refractivity contribution in [1.82, 2.24) is 0 Å². The fourth-order valence-corrected chi connectivity index (χ4v) is 3.15. The highest BCUT2D eigenvalue weighted by Gasteiger charge is 2.28. The molecule has 6 nitrogen and oxygen atoms in total. The molecule has 9 heteroatoms. The van der Waals surface area contributed by atoms with Gasteiger partial charge in [-0.3, -0.25) is 0 Å².